The monoisotopic (exact) mass is 279 g/mol. The third kappa shape index (κ3) is 4.35. The first-order valence-electron chi connectivity index (χ1n) is 6.82. The summed E-state index contributed by atoms with van der Waals surface area (Å²) in [5, 5.41) is 0. The van der Waals surface area contributed by atoms with Crippen LogP contribution in [-0.2, 0) is 19.2 Å². The zero-order valence-electron chi connectivity index (χ0n) is 12.0. The number of cyclic esters (lactones) is 1. The van der Waals surface area contributed by atoms with E-state index in [1.807, 2.05) is 13.8 Å². The number of ketones is 1. The van der Waals surface area contributed by atoms with Crippen LogP contribution in [0.25, 0.3) is 0 Å². The molecule has 0 saturated heterocycles. The van der Waals surface area contributed by atoms with Crippen LogP contribution in [0.2, 0.25) is 0 Å². The van der Waals surface area contributed by atoms with Gasteiger partial charge in [0, 0.05) is 12.5 Å². The van der Waals surface area contributed by atoms with E-state index in [9.17, 15) is 9.59 Å². The highest BCUT2D eigenvalue weighted by molar-refractivity contribution is 6.24. The van der Waals surface area contributed by atoms with Gasteiger partial charge in [0.05, 0.1) is 12.3 Å². The van der Waals surface area contributed by atoms with Crippen molar-refractivity contribution in [3.05, 3.63) is 35.8 Å². The van der Waals surface area contributed by atoms with Gasteiger partial charge in [-0.25, -0.2) is 4.79 Å². The van der Waals surface area contributed by atoms with E-state index in [2.05, 4.69) is 12.1 Å². The first-order valence-corrected chi connectivity index (χ1v) is 6.82. The Kier molecular flexibility index (Phi) is 6.73. The largest absolute Gasteiger partial charge is 0.427 e. The molecule has 0 aromatic heterocycles. The average molecular weight is 279 g/mol. The van der Waals surface area contributed by atoms with E-state index in [4.69, 9.17) is 9.57 Å². The molecule has 0 bridgehead atoms. The molecule has 1 aliphatic heterocycles. The van der Waals surface area contributed by atoms with Crippen molar-refractivity contribution in [2.75, 3.05) is 6.61 Å². The molecule has 1 heterocycles. The van der Waals surface area contributed by atoms with Crippen molar-refractivity contribution < 1.29 is 19.2 Å². The molecule has 0 atom stereocenters. The van der Waals surface area contributed by atoms with Crippen LogP contribution in [0.1, 0.15) is 39.5 Å². The van der Waals surface area contributed by atoms with E-state index >= 15 is 0 Å². The lowest BCUT2D eigenvalue weighted by atomic mass is 10.0. The molecule has 1 aliphatic rings. The summed E-state index contributed by atoms with van der Waals surface area (Å²) in [5.74, 6) is -0.518. The lowest BCUT2D eigenvalue weighted by Gasteiger charge is -2.18. The number of rotatable bonds is 8. The Morgan fingerprint density at radius 1 is 1.40 bits per heavy atom. The van der Waals surface area contributed by atoms with Crippen molar-refractivity contribution in [2.45, 2.75) is 39.5 Å². The minimum Gasteiger partial charge on any atom is -0.427 e. The van der Waals surface area contributed by atoms with Crippen LogP contribution in [0, 0.1) is 0 Å². The second-order valence-corrected chi connectivity index (χ2v) is 4.42. The highest BCUT2D eigenvalue weighted by Gasteiger charge is 2.29. The van der Waals surface area contributed by atoms with Gasteiger partial charge >= 0.3 is 5.97 Å². The van der Waals surface area contributed by atoms with E-state index in [1.165, 1.54) is 6.08 Å². The van der Waals surface area contributed by atoms with Gasteiger partial charge in [-0.3, -0.25) is 15.1 Å². The van der Waals surface area contributed by atoms with Gasteiger partial charge < -0.3 is 4.74 Å². The fourth-order valence-corrected chi connectivity index (χ4v) is 1.82. The van der Waals surface area contributed by atoms with E-state index in [1.54, 1.807) is 6.08 Å². The smallest absolute Gasteiger partial charge is 0.349 e. The highest BCUT2D eigenvalue weighted by Crippen LogP contribution is 2.21. The highest BCUT2D eigenvalue weighted by atomic mass is 16.6. The van der Waals surface area contributed by atoms with Crippen molar-refractivity contribution in [1.82, 2.24) is 5.48 Å². The number of hydroxylamine groups is 1. The fourth-order valence-electron chi connectivity index (χ4n) is 1.82. The first kappa shape index (κ1) is 16.2. The maximum atomic E-state index is 12.1. The third-order valence-electron chi connectivity index (χ3n) is 2.66. The van der Waals surface area contributed by atoms with E-state index < -0.39 is 5.97 Å². The van der Waals surface area contributed by atoms with Crippen LogP contribution >= 0.6 is 0 Å². The Labute approximate surface area is 119 Å². The Bertz CT molecular complexity index is 449. The number of hydrogen-bond acceptors (Lipinski definition) is 5. The third-order valence-corrected chi connectivity index (χ3v) is 2.66. The predicted molar refractivity (Wildman–Crippen MR) is 75.3 cm³/mol. The van der Waals surface area contributed by atoms with E-state index in [-0.39, 0.29) is 18.0 Å². The van der Waals surface area contributed by atoms with Crippen LogP contribution in [0.5, 0.6) is 0 Å². The average Bonchev–Trinajstić information content (AvgIpc) is 2.38. The molecule has 1 rings (SSSR count). The number of carbonyl (C=O) groups is 2. The van der Waals surface area contributed by atoms with Crippen molar-refractivity contribution >= 4 is 11.8 Å². The van der Waals surface area contributed by atoms with Crippen molar-refractivity contribution in [1.29, 1.82) is 0 Å². The second-order valence-electron chi connectivity index (χ2n) is 4.42. The minimum absolute atomic E-state index is 0.0239. The summed E-state index contributed by atoms with van der Waals surface area (Å²) >= 11 is 0. The van der Waals surface area contributed by atoms with Gasteiger partial charge in [0.15, 0.2) is 5.78 Å². The van der Waals surface area contributed by atoms with Crippen molar-refractivity contribution in [3.8, 4) is 0 Å². The molecular formula is C15H21NO4. The molecule has 20 heavy (non-hydrogen) atoms. The van der Waals surface area contributed by atoms with Gasteiger partial charge in [0.1, 0.15) is 11.3 Å². The van der Waals surface area contributed by atoms with Gasteiger partial charge in [0.25, 0.3) is 0 Å². The number of allylic oxidation sites excluding steroid dienone is 3. The molecule has 5 heteroatoms. The summed E-state index contributed by atoms with van der Waals surface area (Å²) in [6.45, 7) is 7.71. The maximum Gasteiger partial charge on any atom is 0.349 e. The van der Waals surface area contributed by atoms with Gasteiger partial charge in [-0.15, -0.1) is 6.58 Å². The van der Waals surface area contributed by atoms with E-state index in [0.29, 0.717) is 24.3 Å². The van der Waals surface area contributed by atoms with Crippen molar-refractivity contribution in [3.63, 3.8) is 0 Å². The molecule has 0 aromatic carbocycles. The summed E-state index contributed by atoms with van der Waals surface area (Å²) in [6, 6.07) is 0. The van der Waals surface area contributed by atoms with Crippen LogP contribution in [0.15, 0.2) is 35.8 Å². The van der Waals surface area contributed by atoms with Crippen molar-refractivity contribution in [2.24, 2.45) is 0 Å². The Morgan fingerprint density at radius 2 is 2.15 bits per heavy atom. The standard InChI is InChI=1S/C15H21NO4/c1-4-7-11-10-13(17)14(15(18)20-11)12(8-5-2)16-19-9-6-3/h6,10,16H,3-5,7-9H2,1-2H3. The van der Waals surface area contributed by atoms with Crippen LogP contribution in [-0.4, -0.2) is 18.4 Å². The molecule has 0 spiro atoms. The topological polar surface area (TPSA) is 64.6 Å². The molecule has 0 saturated carbocycles. The fraction of sp³-hybridized carbons (Fsp3) is 0.467. The molecule has 0 aromatic rings. The molecule has 5 nitrogen and oxygen atoms in total. The summed E-state index contributed by atoms with van der Waals surface area (Å²) in [5.41, 5.74) is 3.14. The zero-order valence-corrected chi connectivity index (χ0v) is 12.0. The Hall–Kier alpha value is -1.88. The maximum absolute atomic E-state index is 12.1. The van der Waals surface area contributed by atoms with Gasteiger partial charge in [-0.05, 0) is 12.8 Å². The Balaban J connectivity index is 2.97. The SMILES string of the molecule is C=CCONC(CCC)=C1C(=O)C=C(CCC)OC1=O. The number of nitrogens with one attached hydrogen (secondary N) is 1. The number of ether oxygens (including phenoxy) is 1. The molecule has 1 N–H and O–H groups in total. The molecular weight excluding hydrogens is 258 g/mol. The quantitative estimate of drug-likeness (QED) is 0.185. The van der Waals surface area contributed by atoms with Gasteiger partial charge in [-0.2, -0.15) is 0 Å². The predicted octanol–water partition coefficient (Wildman–Crippen LogP) is 2.56. The number of carbonyl (C=O) groups excluding carboxylic acids is 2. The minimum atomic E-state index is -0.612. The lowest BCUT2D eigenvalue weighted by molar-refractivity contribution is -0.138. The molecule has 0 radical (unpaired) electrons. The first-order chi connectivity index (χ1) is 9.63. The number of hydrogen-bond donors (Lipinski definition) is 1. The lowest BCUT2D eigenvalue weighted by Crippen LogP contribution is -2.27. The van der Waals surface area contributed by atoms with E-state index in [0.717, 1.165) is 12.8 Å². The zero-order chi connectivity index (χ0) is 15.0. The number of esters is 1. The van der Waals surface area contributed by atoms with Gasteiger partial charge in [-0.1, -0.05) is 26.3 Å². The summed E-state index contributed by atoms with van der Waals surface area (Å²) in [7, 11) is 0. The van der Waals surface area contributed by atoms with Crippen LogP contribution in [0.4, 0.5) is 0 Å². The van der Waals surface area contributed by atoms with Gasteiger partial charge in [0.2, 0.25) is 0 Å². The summed E-state index contributed by atoms with van der Waals surface area (Å²) in [6.07, 6.45) is 5.65. The normalized spacial score (nSPS) is 17.4. The molecule has 110 valence electrons. The second kappa shape index (κ2) is 8.32. The molecule has 0 fully saturated rings. The van der Waals surface area contributed by atoms with Crippen LogP contribution in [0.3, 0.4) is 0 Å². The molecule has 0 aliphatic carbocycles. The molecule has 0 unspecified atom stereocenters. The molecule has 0 amide bonds. The Morgan fingerprint density at radius 3 is 2.70 bits per heavy atom. The van der Waals surface area contributed by atoms with Crippen LogP contribution < -0.4 is 5.48 Å². The summed E-state index contributed by atoms with van der Waals surface area (Å²) in [4.78, 5) is 29.2. The summed E-state index contributed by atoms with van der Waals surface area (Å²) < 4.78 is 5.17.